The maximum Gasteiger partial charge on any atom is 0.169 e. The largest absolute Gasteiger partial charge is 0.452 e. The minimum atomic E-state index is -0.244. The van der Waals surface area contributed by atoms with Gasteiger partial charge in [-0.15, -0.1) is 0 Å². The van der Waals surface area contributed by atoms with E-state index < -0.39 is 0 Å². The molecule has 3 rings (SSSR count). The second-order valence-corrected chi connectivity index (χ2v) is 5.39. The summed E-state index contributed by atoms with van der Waals surface area (Å²) in [5.74, 6) is 0.754. The van der Waals surface area contributed by atoms with E-state index in [1.807, 2.05) is 42.5 Å². The Hall–Kier alpha value is -1.84. The molecule has 20 heavy (non-hydrogen) atoms. The summed E-state index contributed by atoms with van der Waals surface area (Å²) in [5, 5.41) is 0. The molecule has 0 amide bonds. The number of benzene rings is 2. The second kappa shape index (κ2) is 5.65. The van der Waals surface area contributed by atoms with Crippen molar-refractivity contribution in [1.29, 1.82) is 0 Å². The molecule has 2 aromatic carbocycles. The lowest BCUT2D eigenvalue weighted by atomic mass is 10.0. The predicted molar refractivity (Wildman–Crippen MR) is 84.3 cm³/mol. The molecule has 0 saturated carbocycles. The van der Waals surface area contributed by atoms with E-state index in [2.05, 4.69) is 40.2 Å². The van der Waals surface area contributed by atoms with Gasteiger partial charge in [-0.05, 0) is 44.8 Å². The molecule has 0 aliphatic carbocycles. The number of halogens is 1. The first-order valence-corrected chi connectivity index (χ1v) is 7.19. The summed E-state index contributed by atoms with van der Waals surface area (Å²) in [6, 6.07) is 22.0. The van der Waals surface area contributed by atoms with Crippen molar-refractivity contribution in [3.8, 4) is 11.1 Å². The number of nitrogens with two attached hydrogens (primary N) is 1. The van der Waals surface area contributed by atoms with Crippen LogP contribution in [0.1, 0.15) is 17.4 Å². The summed E-state index contributed by atoms with van der Waals surface area (Å²) in [4.78, 5) is 0. The fourth-order valence-electron chi connectivity index (χ4n) is 2.17. The Labute approximate surface area is 126 Å². The van der Waals surface area contributed by atoms with Gasteiger partial charge in [0, 0.05) is 0 Å². The van der Waals surface area contributed by atoms with Crippen molar-refractivity contribution in [1.82, 2.24) is 0 Å². The molecule has 3 heteroatoms. The average Bonchev–Trinajstić information content (AvgIpc) is 2.94. The van der Waals surface area contributed by atoms with Crippen molar-refractivity contribution >= 4 is 15.9 Å². The van der Waals surface area contributed by atoms with E-state index in [1.54, 1.807) is 0 Å². The summed E-state index contributed by atoms with van der Waals surface area (Å²) >= 11 is 3.29. The highest BCUT2D eigenvalue weighted by Crippen LogP contribution is 2.26. The highest BCUT2D eigenvalue weighted by Gasteiger charge is 2.12. The van der Waals surface area contributed by atoms with E-state index in [0.717, 1.165) is 11.3 Å². The Bertz CT molecular complexity index is 689. The SMILES string of the molecule is NC(c1ccc(-c2ccccc2)cc1)c1ccc(Br)o1. The molecule has 3 aromatic rings. The van der Waals surface area contributed by atoms with Crippen molar-refractivity contribution in [2.45, 2.75) is 6.04 Å². The van der Waals surface area contributed by atoms with E-state index in [9.17, 15) is 0 Å². The zero-order valence-corrected chi connectivity index (χ0v) is 12.4. The molecule has 0 fully saturated rings. The third kappa shape index (κ3) is 2.69. The van der Waals surface area contributed by atoms with E-state index in [0.29, 0.717) is 4.67 Å². The van der Waals surface area contributed by atoms with Crippen LogP contribution in [0.3, 0.4) is 0 Å². The summed E-state index contributed by atoms with van der Waals surface area (Å²) < 4.78 is 6.20. The highest BCUT2D eigenvalue weighted by atomic mass is 79.9. The fraction of sp³-hybridized carbons (Fsp3) is 0.0588. The molecule has 100 valence electrons. The molecule has 0 aliphatic heterocycles. The molecule has 2 N–H and O–H groups in total. The second-order valence-electron chi connectivity index (χ2n) is 4.61. The first-order chi connectivity index (χ1) is 9.74. The predicted octanol–water partition coefficient (Wildman–Crippen LogP) is 4.76. The maximum atomic E-state index is 6.20. The molecule has 1 heterocycles. The number of hydrogen-bond donors (Lipinski definition) is 1. The van der Waals surface area contributed by atoms with Crippen molar-refractivity contribution in [2.24, 2.45) is 5.73 Å². The Balaban J connectivity index is 1.86. The average molecular weight is 328 g/mol. The van der Waals surface area contributed by atoms with Crippen LogP contribution in [-0.2, 0) is 0 Å². The van der Waals surface area contributed by atoms with E-state index in [4.69, 9.17) is 10.2 Å². The third-order valence-electron chi connectivity index (χ3n) is 3.28. The molecular formula is C17H14BrNO. The van der Waals surface area contributed by atoms with Crippen molar-refractivity contribution in [3.63, 3.8) is 0 Å². The molecule has 0 saturated heterocycles. The van der Waals surface area contributed by atoms with Crippen LogP contribution >= 0.6 is 15.9 Å². The number of rotatable bonds is 3. The molecule has 1 unspecified atom stereocenters. The van der Waals surface area contributed by atoms with Gasteiger partial charge in [0.15, 0.2) is 4.67 Å². The molecule has 2 nitrogen and oxygen atoms in total. The summed E-state index contributed by atoms with van der Waals surface area (Å²) in [6.07, 6.45) is 0. The van der Waals surface area contributed by atoms with Crippen LogP contribution in [0.5, 0.6) is 0 Å². The normalized spacial score (nSPS) is 12.3. The molecule has 0 radical (unpaired) electrons. The molecule has 1 atom stereocenters. The van der Waals surface area contributed by atoms with E-state index in [1.165, 1.54) is 11.1 Å². The van der Waals surface area contributed by atoms with Gasteiger partial charge in [-0.1, -0.05) is 54.6 Å². The summed E-state index contributed by atoms with van der Waals surface area (Å²) in [6.45, 7) is 0. The van der Waals surface area contributed by atoms with Gasteiger partial charge in [0.05, 0.1) is 6.04 Å². The summed E-state index contributed by atoms with van der Waals surface area (Å²) in [5.41, 5.74) is 9.62. The van der Waals surface area contributed by atoms with Crippen molar-refractivity contribution < 1.29 is 4.42 Å². The Morgan fingerprint density at radius 2 is 1.45 bits per heavy atom. The smallest absolute Gasteiger partial charge is 0.169 e. The van der Waals surface area contributed by atoms with Crippen molar-refractivity contribution in [2.75, 3.05) is 0 Å². The van der Waals surface area contributed by atoms with Gasteiger partial charge < -0.3 is 10.2 Å². The lowest BCUT2D eigenvalue weighted by Gasteiger charge is -2.10. The van der Waals surface area contributed by atoms with Crippen LogP contribution in [-0.4, -0.2) is 0 Å². The molecular weight excluding hydrogens is 314 g/mol. The summed E-state index contributed by atoms with van der Waals surface area (Å²) in [7, 11) is 0. The van der Waals surface area contributed by atoms with Crippen LogP contribution in [0.4, 0.5) is 0 Å². The number of hydrogen-bond acceptors (Lipinski definition) is 2. The van der Waals surface area contributed by atoms with Crippen LogP contribution in [0.2, 0.25) is 0 Å². The van der Waals surface area contributed by atoms with Crippen molar-refractivity contribution in [3.05, 3.63) is 82.7 Å². The fourth-order valence-corrected chi connectivity index (χ4v) is 2.49. The minimum absolute atomic E-state index is 0.244. The molecule has 0 spiro atoms. The topological polar surface area (TPSA) is 39.2 Å². The quantitative estimate of drug-likeness (QED) is 0.753. The first-order valence-electron chi connectivity index (χ1n) is 6.40. The van der Waals surface area contributed by atoms with Crippen LogP contribution < -0.4 is 5.73 Å². The van der Waals surface area contributed by atoms with E-state index in [-0.39, 0.29) is 6.04 Å². The van der Waals surface area contributed by atoms with Gasteiger partial charge in [-0.25, -0.2) is 0 Å². The Morgan fingerprint density at radius 1 is 0.800 bits per heavy atom. The minimum Gasteiger partial charge on any atom is -0.452 e. The van der Waals surface area contributed by atoms with E-state index >= 15 is 0 Å². The van der Waals surface area contributed by atoms with Gasteiger partial charge in [0.1, 0.15) is 5.76 Å². The zero-order chi connectivity index (χ0) is 13.9. The van der Waals surface area contributed by atoms with Gasteiger partial charge in [0.2, 0.25) is 0 Å². The number of furan rings is 1. The molecule has 0 bridgehead atoms. The van der Waals surface area contributed by atoms with Crippen LogP contribution in [0.25, 0.3) is 11.1 Å². The van der Waals surface area contributed by atoms with Gasteiger partial charge >= 0.3 is 0 Å². The van der Waals surface area contributed by atoms with Gasteiger partial charge in [-0.2, -0.15) is 0 Å². The molecule has 1 aromatic heterocycles. The van der Waals surface area contributed by atoms with Crippen LogP contribution in [0, 0.1) is 0 Å². The monoisotopic (exact) mass is 327 g/mol. The zero-order valence-electron chi connectivity index (χ0n) is 10.8. The lowest BCUT2D eigenvalue weighted by molar-refractivity contribution is 0.470. The van der Waals surface area contributed by atoms with Gasteiger partial charge in [-0.3, -0.25) is 0 Å². The van der Waals surface area contributed by atoms with Crippen LogP contribution in [0.15, 0.2) is 75.8 Å². The first kappa shape index (κ1) is 13.2. The highest BCUT2D eigenvalue weighted by molar-refractivity contribution is 9.10. The Kier molecular flexibility index (Phi) is 3.72. The van der Waals surface area contributed by atoms with Gasteiger partial charge in [0.25, 0.3) is 0 Å². The standard InChI is InChI=1S/C17H14BrNO/c18-16-11-10-15(20-16)17(19)14-8-6-13(7-9-14)12-4-2-1-3-5-12/h1-11,17H,19H2. The lowest BCUT2D eigenvalue weighted by Crippen LogP contribution is -2.10. The maximum absolute atomic E-state index is 6.20. The molecule has 0 aliphatic rings. The third-order valence-corrected chi connectivity index (χ3v) is 3.70. The Morgan fingerprint density at radius 3 is 2.05 bits per heavy atom.